The van der Waals surface area contributed by atoms with Crippen LogP contribution in [0.5, 0.6) is 0 Å². The number of nitrogens with zero attached hydrogens (tertiary/aromatic N) is 2. The Morgan fingerprint density at radius 3 is 2.67 bits per heavy atom. The Morgan fingerprint density at radius 2 is 1.92 bits per heavy atom. The van der Waals surface area contributed by atoms with Crippen molar-refractivity contribution < 1.29 is 14.3 Å². The van der Waals surface area contributed by atoms with Crippen molar-refractivity contribution in [3.8, 4) is 11.3 Å². The third kappa shape index (κ3) is 2.37. The van der Waals surface area contributed by atoms with Crippen LogP contribution in [0.1, 0.15) is 5.69 Å². The summed E-state index contributed by atoms with van der Waals surface area (Å²) in [6.45, 7) is 0. The number of thiazole rings is 1. The summed E-state index contributed by atoms with van der Waals surface area (Å²) in [6.07, 6.45) is 2.44. The molecule has 0 aliphatic rings. The summed E-state index contributed by atoms with van der Waals surface area (Å²) in [5.74, 6) is -1.62. The van der Waals surface area contributed by atoms with Crippen molar-refractivity contribution in [3.05, 3.63) is 66.1 Å². The molecule has 118 valence electrons. The van der Waals surface area contributed by atoms with Crippen molar-refractivity contribution in [1.82, 2.24) is 9.38 Å². The minimum Gasteiger partial charge on any atom is -0.545 e. The maximum absolute atomic E-state index is 13.2. The van der Waals surface area contributed by atoms with Crippen LogP contribution >= 0.6 is 11.3 Å². The van der Waals surface area contributed by atoms with Gasteiger partial charge in [-0.3, -0.25) is 4.40 Å². The van der Waals surface area contributed by atoms with E-state index in [9.17, 15) is 14.3 Å². The van der Waals surface area contributed by atoms with E-state index in [2.05, 4.69) is 4.98 Å². The Kier molecular flexibility index (Phi) is 3.39. The number of imidazole rings is 1. The number of halogens is 1. The van der Waals surface area contributed by atoms with Crippen LogP contribution < -0.4 is 5.11 Å². The highest BCUT2D eigenvalue weighted by molar-refractivity contribution is 7.23. The maximum atomic E-state index is 13.2. The number of carbonyl (C=O) groups is 1. The molecule has 2 aromatic carbocycles. The largest absolute Gasteiger partial charge is 0.545 e. The fourth-order valence-corrected chi connectivity index (χ4v) is 3.69. The molecule has 0 N–H and O–H groups in total. The van der Waals surface area contributed by atoms with E-state index in [0.717, 1.165) is 26.8 Å². The summed E-state index contributed by atoms with van der Waals surface area (Å²) in [7, 11) is 0. The minimum atomic E-state index is -1.28. The van der Waals surface area contributed by atoms with Gasteiger partial charge >= 0.3 is 0 Å². The van der Waals surface area contributed by atoms with Gasteiger partial charge in [-0.2, -0.15) is 0 Å². The van der Waals surface area contributed by atoms with Crippen molar-refractivity contribution in [3.63, 3.8) is 0 Å². The Labute approximate surface area is 140 Å². The minimum absolute atomic E-state index is 0.336. The van der Waals surface area contributed by atoms with Gasteiger partial charge in [0.2, 0.25) is 0 Å². The predicted molar refractivity (Wildman–Crippen MR) is 90.0 cm³/mol. The summed E-state index contributed by atoms with van der Waals surface area (Å²) in [6, 6.07) is 13.7. The Balaban J connectivity index is 2.03. The highest BCUT2D eigenvalue weighted by Crippen LogP contribution is 2.33. The standard InChI is InChI=1S/C18H11FN2O2S/c19-12-7-5-11(6-8-12)17-14(9-10-16(22)23)21-13-3-1-2-4-15(13)24-18(21)20-17/h1-10H,(H,22,23)/p-1. The average Bonchev–Trinajstić information content (AvgIpc) is 3.09. The SMILES string of the molecule is O=C([O-])C=Cc1c(-c2ccc(F)cc2)nc2sc3ccccc3n12. The van der Waals surface area contributed by atoms with Crippen LogP contribution in [0.2, 0.25) is 0 Å². The first-order valence-corrected chi connectivity index (χ1v) is 8.00. The molecular formula is C18H10FN2O2S-. The molecule has 0 saturated heterocycles. The fourth-order valence-electron chi connectivity index (χ4n) is 2.66. The second kappa shape index (κ2) is 5.58. The van der Waals surface area contributed by atoms with Gasteiger partial charge in [0.1, 0.15) is 5.82 Å². The van der Waals surface area contributed by atoms with Crippen molar-refractivity contribution in [1.29, 1.82) is 0 Å². The van der Waals surface area contributed by atoms with Gasteiger partial charge in [-0.15, -0.1) is 0 Å². The number of rotatable bonds is 3. The summed E-state index contributed by atoms with van der Waals surface area (Å²) in [5.41, 5.74) is 2.88. The van der Waals surface area contributed by atoms with Crippen LogP contribution in [0, 0.1) is 5.82 Å². The molecule has 0 fully saturated rings. The first kappa shape index (κ1) is 14.6. The van der Waals surface area contributed by atoms with Crippen molar-refractivity contribution in [2.24, 2.45) is 0 Å². The average molecular weight is 337 g/mol. The van der Waals surface area contributed by atoms with Gasteiger partial charge in [-0.1, -0.05) is 23.5 Å². The van der Waals surface area contributed by atoms with E-state index in [1.54, 1.807) is 12.1 Å². The molecule has 4 nitrogen and oxygen atoms in total. The van der Waals surface area contributed by atoms with E-state index in [0.29, 0.717) is 11.4 Å². The molecule has 2 heterocycles. The lowest BCUT2D eigenvalue weighted by atomic mass is 10.1. The smallest absolute Gasteiger partial charge is 0.195 e. The van der Waals surface area contributed by atoms with Gasteiger partial charge in [-0.05, 0) is 48.6 Å². The molecular weight excluding hydrogens is 327 g/mol. The van der Waals surface area contributed by atoms with Gasteiger partial charge in [0.15, 0.2) is 4.96 Å². The summed E-state index contributed by atoms with van der Waals surface area (Å²) >= 11 is 1.51. The number of para-hydroxylation sites is 1. The van der Waals surface area contributed by atoms with E-state index in [-0.39, 0.29) is 5.82 Å². The van der Waals surface area contributed by atoms with E-state index in [4.69, 9.17) is 0 Å². The number of carboxylic acid groups (broad SMARTS) is 1. The Bertz CT molecular complexity index is 1090. The number of aliphatic carboxylic acids is 1. The van der Waals surface area contributed by atoms with Gasteiger partial charge < -0.3 is 9.90 Å². The molecule has 0 saturated carbocycles. The molecule has 2 aromatic heterocycles. The van der Waals surface area contributed by atoms with E-state index >= 15 is 0 Å². The van der Waals surface area contributed by atoms with E-state index in [1.807, 2.05) is 28.7 Å². The van der Waals surface area contributed by atoms with Gasteiger partial charge in [-0.25, -0.2) is 9.37 Å². The Hall–Kier alpha value is -2.99. The topological polar surface area (TPSA) is 57.4 Å². The normalized spacial score (nSPS) is 11.7. The lowest BCUT2D eigenvalue weighted by Gasteiger charge is -2.02. The lowest BCUT2D eigenvalue weighted by Crippen LogP contribution is -2.18. The Morgan fingerprint density at radius 1 is 1.17 bits per heavy atom. The number of carboxylic acids is 1. The van der Waals surface area contributed by atoms with Crippen molar-refractivity contribution in [2.45, 2.75) is 0 Å². The molecule has 4 rings (SSSR count). The molecule has 0 spiro atoms. The zero-order valence-electron chi connectivity index (χ0n) is 12.3. The van der Waals surface area contributed by atoms with Crippen molar-refractivity contribution in [2.75, 3.05) is 0 Å². The second-order valence-electron chi connectivity index (χ2n) is 5.19. The van der Waals surface area contributed by atoms with E-state index < -0.39 is 5.97 Å². The molecule has 0 radical (unpaired) electrons. The van der Waals surface area contributed by atoms with Gasteiger partial charge in [0, 0.05) is 5.56 Å². The predicted octanol–water partition coefficient (Wildman–Crippen LogP) is 3.12. The molecule has 0 unspecified atom stereocenters. The van der Waals surface area contributed by atoms with Crippen molar-refractivity contribution >= 4 is 38.6 Å². The maximum Gasteiger partial charge on any atom is 0.195 e. The molecule has 24 heavy (non-hydrogen) atoms. The number of fused-ring (bicyclic) bond motifs is 3. The highest BCUT2D eigenvalue weighted by Gasteiger charge is 2.16. The molecule has 6 heteroatoms. The monoisotopic (exact) mass is 337 g/mol. The van der Waals surface area contributed by atoms with Crippen LogP contribution in [-0.2, 0) is 4.79 Å². The molecule has 0 aliphatic carbocycles. The fraction of sp³-hybridized carbons (Fsp3) is 0. The lowest BCUT2D eigenvalue weighted by molar-refractivity contribution is -0.297. The summed E-state index contributed by atoms with van der Waals surface area (Å²) in [4.78, 5) is 16.2. The van der Waals surface area contributed by atoms with Gasteiger partial charge in [0.25, 0.3) is 0 Å². The molecule has 0 amide bonds. The van der Waals surface area contributed by atoms with Crippen LogP contribution in [0.3, 0.4) is 0 Å². The first-order valence-electron chi connectivity index (χ1n) is 7.18. The highest BCUT2D eigenvalue weighted by atomic mass is 32.1. The van der Waals surface area contributed by atoms with Crippen LogP contribution in [-0.4, -0.2) is 15.4 Å². The zero-order valence-corrected chi connectivity index (χ0v) is 13.1. The summed E-state index contributed by atoms with van der Waals surface area (Å²) < 4.78 is 16.1. The third-order valence-corrected chi connectivity index (χ3v) is 4.71. The number of carbonyl (C=O) groups excluding carboxylic acids is 1. The first-order chi connectivity index (χ1) is 11.6. The second-order valence-corrected chi connectivity index (χ2v) is 6.20. The molecule has 0 bridgehead atoms. The van der Waals surface area contributed by atoms with Gasteiger partial charge in [0.05, 0.1) is 27.6 Å². The number of aromatic nitrogens is 2. The number of benzene rings is 2. The summed E-state index contributed by atoms with van der Waals surface area (Å²) in [5, 5.41) is 10.9. The number of hydrogen-bond acceptors (Lipinski definition) is 4. The van der Waals surface area contributed by atoms with Crippen LogP contribution in [0.4, 0.5) is 4.39 Å². The molecule has 0 aliphatic heterocycles. The number of hydrogen-bond donors (Lipinski definition) is 0. The third-order valence-electron chi connectivity index (χ3n) is 3.68. The van der Waals surface area contributed by atoms with E-state index in [1.165, 1.54) is 29.5 Å². The quantitative estimate of drug-likeness (QED) is 0.540. The molecule has 0 atom stereocenters. The zero-order chi connectivity index (χ0) is 16.7. The van der Waals surface area contributed by atoms with Crippen LogP contribution in [0.25, 0.3) is 32.5 Å². The molecule has 4 aromatic rings. The van der Waals surface area contributed by atoms with Crippen LogP contribution in [0.15, 0.2) is 54.6 Å².